The number of imidazole rings is 1. The van der Waals surface area contributed by atoms with Gasteiger partial charge >= 0.3 is 0 Å². The van der Waals surface area contributed by atoms with E-state index >= 15 is 0 Å². The summed E-state index contributed by atoms with van der Waals surface area (Å²) in [6, 6.07) is 74.8. The maximum atomic E-state index is 5.07. The molecule has 1 heterocycles. The fraction of sp³-hybridized carbons (Fsp3) is 0. The van der Waals surface area contributed by atoms with E-state index in [2.05, 4.69) is 205 Å². The molecule has 55 heavy (non-hydrogen) atoms. The number of hydrogen-bond acceptors (Lipinski definition) is 1. The van der Waals surface area contributed by atoms with Crippen LogP contribution in [0.5, 0.6) is 0 Å². The normalized spacial score (nSPS) is 11.6. The molecule has 0 saturated carbocycles. The van der Waals surface area contributed by atoms with Crippen molar-refractivity contribution in [3.8, 4) is 50.5 Å². The van der Waals surface area contributed by atoms with E-state index in [1.807, 2.05) is 6.07 Å². The lowest BCUT2D eigenvalue weighted by atomic mass is 9.83. The van der Waals surface area contributed by atoms with Gasteiger partial charge in [0.05, 0.1) is 11.0 Å². The van der Waals surface area contributed by atoms with Crippen LogP contribution < -0.4 is 0 Å². The van der Waals surface area contributed by atoms with Gasteiger partial charge < -0.3 is 0 Å². The van der Waals surface area contributed by atoms with Gasteiger partial charge in [0.25, 0.3) is 0 Å². The number of rotatable bonds is 5. The summed E-state index contributed by atoms with van der Waals surface area (Å²) in [6.45, 7) is 0. The highest BCUT2D eigenvalue weighted by Gasteiger charge is 2.20. The number of hydrogen-bond donors (Lipinski definition) is 0. The molecule has 11 aromatic rings. The van der Waals surface area contributed by atoms with E-state index in [9.17, 15) is 0 Å². The zero-order valence-corrected chi connectivity index (χ0v) is 30.0. The molecule has 2 nitrogen and oxygen atoms in total. The standard InChI is InChI=1S/C53H34N2/c1-2-16-38(17-3-1)53-54-49-26-10-11-27-50(49)55(53)40-31-28-35(29-32-40)39-30-33-47-48(34-39)52(44-25-13-19-37-15-5-7-21-42(37)44)46-23-9-8-22-45(46)51(47)43-24-12-18-36-14-4-6-20-41(36)43/h1-34H. The summed E-state index contributed by atoms with van der Waals surface area (Å²) in [6.07, 6.45) is 0. The quantitative estimate of drug-likeness (QED) is 0.164. The van der Waals surface area contributed by atoms with Crippen LogP contribution in [-0.4, -0.2) is 9.55 Å². The van der Waals surface area contributed by atoms with Crippen molar-refractivity contribution in [1.82, 2.24) is 9.55 Å². The Labute approximate surface area is 319 Å². The monoisotopic (exact) mass is 698 g/mol. The van der Waals surface area contributed by atoms with Crippen LogP contribution in [0.15, 0.2) is 206 Å². The lowest BCUT2D eigenvalue weighted by Gasteiger charge is -2.20. The van der Waals surface area contributed by atoms with Crippen LogP contribution in [-0.2, 0) is 0 Å². The third-order valence-corrected chi connectivity index (χ3v) is 11.2. The van der Waals surface area contributed by atoms with Crippen LogP contribution in [0.25, 0.3) is 105 Å². The summed E-state index contributed by atoms with van der Waals surface area (Å²) < 4.78 is 2.27. The SMILES string of the molecule is c1ccc(-c2nc3ccccc3n2-c2ccc(-c3ccc4c(-c5cccc6ccccc56)c5ccccc5c(-c5cccc6ccccc56)c4c3)cc2)cc1. The topological polar surface area (TPSA) is 17.8 Å². The van der Waals surface area contributed by atoms with Crippen LogP contribution in [0.1, 0.15) is 0 Å². The summed E-state index contributed by atoms with van der Waals surface area (Å²) in [7, 11) is 0. The highest BCUT2D eigenvalue weighted by atomic mass is 15.1. The van der Waals surface area contributed by atoms with Crippen molar-refractivity contribution in [3.05, 3.63) is 206 Å². The second-order valence-electron chi connectivity index (χ2n) is 14.3. The highest BCUT2D eigenvalue weighted by molar-refractivity contribution is 6.25. The lowest BCUT2D eigenvalue weighted by molar-refractivity contribution is 1.10. The van der Waals surface area contributed by atoms with Crippen LogP contribution in [0.4, 0.5) is 0 Å². The van der Waals surface area contributed by atoms with Gasteiger partial charge in [-0.3, -0.25) is 4.57 Å². The van der Waals surface area contributed by atoms with E-state index in [4.69, 9.17) is 4.98 Å². The van der Waals surface area contributed by atoms with E-state index in [0.29, 0.717) is 0 Å². The molecule has 0 unspecified atom stereocenters. The molecule has 0 aliphatic rings. The first-order valence-corrected chi connectivity index (χ1v) is 18.9. The van der Waals surface area contributed by atoms with E-state index in [1.165, 1.54) is 76.5 Å². The Morgan fingerprint density at radius 1 is 0.327 bits per heavy atom. The Balaban J connectivity index is 1.16. The Kier molecular flexibility index (Phi) is 7.21. The molecule has 0 aliphatic carbocycles. The van der Waals surface area contributed by atoms with Gasteiger partial charge in [-0.05, 0) is 107 Å². The molecule has 1 aromatic heterocycles. The number of nitrogens with zero attached hydrogens (tertiary/aromatic N) is 2. The van der Waals surface area contributed by atoms with Crippen molar-refractivity contribution in [1.29, 1.82) is 0 Å². The number of benzene rings is 10. The maximum absolute atomic E-state index is 5.07. The van der Waals surface area contributed by atoms with Gasteiger partial charge in [-0.1, -0.05) is 176 Å². The Hall–Kier alpha value is -7.29. The van der Waals surface area contributed by atoms with Crippen molar-refractivity contribution >= 4 is 54.1 Å². The summed E-state index contributed by atoms with van der Waals surface area (Å²) >= 11 is 0. The van der Waals surface area contributed by atoms with Crippen molar-refractivity contribution in [3.63, 3.8) is 0 Å². The van der Waals surface area contributed by atoms with Gasteiger partial charge in [0, 0.05) is 11.3 Å². The Morgan fingerprint density at radius 3 is 1.51 bits per heavy atom. The van der Waals surface area contributed by atoms with Crippen molar-refractivity contribution in [2.75, 3.05) is 0 Å². The van der Waals surface area contributed by atoms with Gasteiger partial charge in [-0.25, -0.2) is 4.98 Å². The second kappa shape index (κ2) is 12.7. The fourth-order valence-corrected chi connectivity index (χ4v) is 8.70. The molecule has 0 spiro atoms. The summed E-state index contributed by atoms with van der Waals surface area (Å²) in [4.78, 5) is 5.07. The van der Waals surface area contributed by atoms with E-state index in [-0.39, 0.29) is 0 Å². The molecular weight excluding hydrogens is 665 g/mol. The predicted molar refractivity (Wildman–Crippen MR) is 233 cm³/mol. The fourth-order valence-electron chi connectivity index (χ4n) is 8.70. The van der Waals surface area contributed by atoms with Gasteiger partial charge in [0.15, 0.2) is 0 Å². The van der Waals surface area contributed by atoms with Crippen LogP contribution in [0, 0.1) is 0 Å². The van der Waals surface area contributed by atoms with Crippen LogP contribution >= 0.6 is 0 Å². The van der Waals surface area contributed by atoms with Gasteiger partial charge in [0.1, 0.15) is 5.82 Å². The highest BCUT2D eigenvalue weighted by Crippen LogP contribution is 2.47. The summed E-state index contributed by atoms with van der Waals surface area (Å²) in [5, 5.41) is 10.00. The van der Waals surface area contributed by atoms with Crippen molar-refractivity contribution in [2.45, 2.75) is 0 Å². The molecule has 0 saturated heterocycles. The van der Waals surface area contributed by atoms with Gasteiger partial charge in [-0.2, -0.15) is 0 Å². The molecule has 0 atom stereocenters. The molecular formula is C53H34N2. The first kappa shape index (κ1) is 31.3. The minimum Gasteiger partial charge on any atom is -0.292 e. The molecule has 0 fully saturated rings. The number of aromatic nitrogens is 2. The average Bonchev–Trinajstić information content (AvgIpc) is 3.65. The second-order valence-corrected chi connectivity index (χ2v) is 14.3. The van der Waals surface area contributed by atoms with Gasteiger partial charge in [-0.15, -0.1) is 0 Å². The number of fused-ring (bicyclic) bond motifs is 5. The average molecular weight is 699 g/mol. The lowest BCUT2D eigenvalue weighted by Crippen LogP contribution is -1.97. The molecule has 0 radical (unpaired) electrons. The van der Waals surface area contributed by atoms with Gasteiger partial charge in [0.2, 0.25) is 0 Å². The van der Waals surface area contributed by atoms with Crippen LogP contribution in [0.2, 0.25) is 0 Å². The third-order valence-electron chi connectivity index (χ3n) is 11.2. The van der Waals surface area contributed by atoms with E-state index < -0.39 is 0 Å². The molecule has 0 bridgehead atoms. The molecule has 10 aromatic carbocycles. The molecule has 0 N–H and O–H groups in total. The van der Waals surface area contributed by atoms with Crippen molar-refractivity contribution < 1.29 is 0 Å². The van der Waals surface area contributed by atoms with E-state index in [0.717, 1.165) is 28.1 Å². The molecule has 0 amide bonds. The Morgan fingerprint density at radius 2 is 0.836 bits per heavy atom. The smallest absolute Gasteiger partial charge is 0.145 e. The van der Waals surface area contributed by atoms with E-state index in [1.54, 1.807) is 0 Å². The third kappa shape index (κ3) is 5.07. The minimum atomic E-state index is 0.938. The van der Waals surface area contributed by atoms with Crippen molar-refractivity contribution in [2.24, 2.45) is 0 Å². The largest absolute Gasteiger partial charge is 0.292 e. The Bertz CT molecular complexity index is 3230. The molecule has 2 heteroatoms. The van der Waals surface area contributed by atoms with Crippen LogP contribution in [0.3, 0.4) is 0 Å². The first-order chi connectivity index (χ1) is 27.3. The predicted octanol–water partition coefficient (Wildman–Crippen LogP) is 14.3. The molecule has 11 rings (SSSR count). The molecule has 256 valence electrons. The maximum Gasteiger partial charge on any atom is 0.145 e. The first-order valence-electron chi connectivity index (χ1n) is 18.9. The number of para-hydroxylation sites is 2. The zero-order valence-electron chi connectivity index (χ0n) is 30.0. The summed E-state index contributed by atoms with van der Waals surface area (Å²) in [5.74, 6) is 0.938. The minimum absolute atomic E-state index is 0.938. The zero-order chi connectivity index (χ0) is 36.3. The summed E-state index contributed by atoms with van der Waals surface area (Å²) in [5.41, 5.74) is 11.6. The molecule has 0 aliphatic heterocycles.